The third-order valence-corrected chi connectivity index (χ3v) is 13.2. The van der Waals surface area contributed by atoms with Crippen LogP contribution in [-0.4, -0.2) is 27.4 Å². The van der Waals surface area contributed by atoms with Gasteiger partial charge in [-0.25, -0.2) is 0 Å². The van der Waals surface area contributed by atoms with Crippen molar-refractivity contribution in [1.29, 1.82) is 0 Å². The van der Waals surface area contributed by atoms with Gasteiger partial charge in [-0.15, -0.1) is 0 Å². The molecule has 0 N–H and O–H groups in total. The van der Waals surface area contributed by atoms with Crippen LogP contribution in [0.1, 0.15) is 86.0 Å². The Morgan fingerprint density at radius 3 is 1.77 bits per heavy atom. The fourth-order valence-electron chi connectivity index (χ4n) is 5.20. The molecule has 2 unspecified atom stereocenters. The monoisotopic (exact) mass is 336 g/mol. The molecule has 0 nitrogen and oxygen atoms in total. The zero-order chi connectivity index (χ0) is 15.9. The highest BCUT2D eigenvalue weighted by atomic mass is 31.1. The summed E-state index contributed by atoms with van der Waals surface area (Å²) in [6.07, 6.45) is 12.2. The van der Waals surface area contributed by atoms with Gasteiger partial charge in [-0.3, -0.25) is 0 Å². The fraction of sp³-hybridized carbons (Fsp3) is 0.850. The first-order valence-electron chi connectivity index (χ1n) is 9.47. The van der Waals surface area contributed by atoms with Gasteiger partial charge >= 0.3 is 0 Å². The summed E-state index contributed by atoms with van der Waals surface area (Å²) in [5.41, 5.74) is 6.41. The maximum absolute atomic E-state index is 2.64. The summed E-state index contributed by atoms with van der Waals surface area (Å²) in [7, 11) is 1.82. The van der Waals surface area contributed by atoms with Crippen molar-refractivity contribution in [2.24, 2.45) is 0 Å². The highest BCUT2D eigenvalue weighted by Crippen LogP contribution is 2.65. The summed E-state index contributed by atoms with van der Waals surface area (Å²) in [6, 6.07) is 0. The van der Waals surface area contributed by atoms with E-state index in [2.05, 4.69) is 34.6 Å². The second-order valence-corrected chi connectivity index (χ2v) is 13.0. The van der Waals surface area contributed by atoms with Crippen molar-refractivity contribution >= 4 is 21.4 Å². The molecule has 3 rings (SSSR count). The van der Waals surface area contributed by atoms with Crippen LogP contribution < -0.4 is 0 Å². The minimum Gasteiger partial charge on any atom is -0.0959 e. The standard InChI is InChI=1S/C20H34P2/c1-14-15(2)20(5,21-16(14)3)17(4)22(18-10-6-7-11-18)19-12-8-9-13-19/h17-19H,6-13H2,1-5H3. The van der Waals surface area contributed by atoms with Crippen molar-refractivity contribution in [2.75, 3.05) is 0 Å². The molecule has 22 heavy (non-hydrogen) atoms. The second kappa shape index (κ2) is 6.69. The molecular formula is C20H34P2. The Kier molecular flexibility index (Phi) is 5.22. The lowest BCUT2D eigenvalue weighted by Crippen LogP contribution is -2.35. The Bertz CT molecular complexity index is 462. The molecule has 0 aromatic rings. The van der Waals surface area contributed by atoms with Crippen LogP contribution in [0, 0.1) is 0 Å². The lowest BCUT2D eigenvalue weighted by molar-refractivity contribution is 0.689. The Balaban J connectivity index is 1.90. The molecule has 0 aromatic heterocycles. The lowest BCUT2D eigenvalue weighted by atomic mass is 9.93. The molecule has 0 spiro atoms. The summed E-state index contributed by atoms with van der Waals surface area (Å²) in [5.74, 6) is 0. The van der Waals surface area contributed by atoms with E-state index in [1.54, 1.807) is 50.3 Å². The van der Waals surface area contributed by atoms with Gasteiger partial charge < -0.3 is 0 Å². The molecule has 2 saturated carbocycles. The molecule has 2 fully saturated rings. The minimum atomic E-state index is 0.197. The van der Waals surface area contributed by atoms with Gasteiger partial charge in [0.05, 0.1) is 0 Å². The topological polar surface area (TPSA) is 0 Å². The van der Waals surface area contributed by atoms with Crippen LogP contribution in [0.15, 0.2) is 11.1 Å². The van der Waals surface area contributed by atoms with E-state index in [0.717, 1.165) is 17.0 Å². The van der Waals surface area contributed by atoms with E-state index in [0.29, 0.717) is 5.16 Å². The molecule has 2 aliphatic carbocycles. The number of hydrogen-bond acceptors (Lipinski definition) is 0. The molecule has 0 amide bonds. The van der Waals surface area contributed by atoms with Gasteiger partial charge in [0, 0.05) is 5.16 Å². The zero-order valence-electron chi connectivity index (χ0n) is 15.3. The summed E-state index contributed by atoms with van der Waals surface area (Å²) in [5, 5.41) is 2.07. The summed E-state index contributed by atoms with van der Waals surface area (Å²) in [4.78, 5) is 0. The average Bonchev–Trinajstić information content (AvgIpc) is 3.21. The van der Waals surface area contributed by atoms with Crippen molar-refractivity contribution in [2.45, 2.75) is 108 Å². The lowest BCUT2D eigenvalue weighted by Gasteiger charge is -2.43. The summed E-state index contributed by atoms with van der Waals surface area (Å²) in [6.45, 7) is 12.4. The fourth-order valence-corrected chi connectivity index (χ4v) is 11.9. The third-order valence-electron chi connectivity index (χ3n) is 7.02. The van der Waals surface area contributed by atoms with Crippen LogP contribution in [-0.2, 0) is 0 Å². The average molecular weight is 336 g/mol. The largest absolute Gasteiger partial charge is 0.0959 e. The highest BCUT2D eigenvalue weighted by molar-refractivity contribution is 7.61. The first-order valence-corrected chi connectivity index (χ1v) is 11.9. The molecule has 0 saturated heterocycles. The van der Waals surface area contributed by atoms with E-state index in [4.69, 9.17) is 0 Å². The van der Waals surface area contributed by atoms with Gasteiger partial charge in [0.2, 0.25) is 0 Å². The first-order chi connectivity index (χ1) is 10.4. The Morgan fingerprint density at radius 1 is 0.955 bits per heavy atom. The van der Waals surface area contributed by atoms with Crippen molar-refractivity contribution in [3.8, 4) is 0 Å². The van der Waals surface area contributed by atoms with Crippen molar-refractivity contribution < 1.29 is 0 Å². The van der Waals surface area contributed by atoms with Gasteiger partial charge in [0.1, 0.15) is 0 Å². The molecule has 2 atom stereocenters. The number of allylic oxidation sites excluding steroid dienone is 2. The third kappa shape index (κ3) is 2.89. The van der Waals surface area contributed by atoms with Gasteiger partial charge in [-0.2, -0.15) is 0 Å². The number of hydrogen-bond donors (Lipinski definition) is 0. The van der Waals surface area contributed by atoms with E-state index in [1.807, 2.05) is 0 Å². The summed E-state index contributed by atoms with van der Waals surface area (Å²) < 4.78 is 0. The molecule has 3 aliphatic rings. The van der Waals surface area contributed by atoms with Crippen molar-refractivity contribution in [3.05, 3.63) is 11.1 Å². The van der Waals surface area contributed by atoms with Crippen LogP contribution in [0.4, 0.5) is 0 Å². The quantitative estimate of drug-likeness (QED) is 0.485. The SMILES string of the molecule is CC1=PC(C)(C(C)P(C2CCCC2)C2CCCC2)C(C)=C1C. The Hall–Kier alpha value is 0.340. The minimum absolute atomic E-state index is 0.197. The molecule has 0 bridgehead atoms. The van der Waals surface area contributed by atoms with Crippen LogP contribution in [0.3, 0.4) is 0 Å². The molecule has 2 heteroatoms. The van der Waals surface area contributed by atoms with Gasteiger partial charge in [0.15, 0.2) is 0 Å². The maximum atomic E-state index is 2.64. The summed E-state index contributed by atoms with van der Waals surface area (Å²) >= 11 is 0. The molecule has 1 aliphatic heterocycles. The van der Waals surface area contributed by atoms with Crippen molar-refractivity contribution in [1.82, 2.24) is 0 Å². The van der Waals surface area contributed by atoms with E-state index >= 15 is 0 Å². The molecule has 1 heterocycles. The predicted octanol–water partition coefficient (Wildman–Crippen LogP) is 6.99. The number of rotatable bonds is 4. The van der Waals surface area contributed by atoms with Gasteiger partial charge in [-0.05, 0) is 81.2 Å². The van der Waals surface area contributed by atoms with Crippen LogP contribution in [0.2, 0.25) is 0 Å². The van der Waals surface area contributed by atoms with Crippen LogP contribution in [0.25, 0.3) is 0 Å². The molecular weight excluding hydrogens is 302 g/mol. The van der Waals surface area contributed by atoms with Crippen LogP contribution >= 0.6 is 16.1 Å². The maximum Gasteiger partial charge on any atom is 0.0372 e. The molecule has 124 valence electrons. The molecule has 0 aromatic carbocycles. The van der Waals surface area contributed by atoms with Crippen molar-refractivity contribution in [3.63, 3.8) is 0 Å². The van der Waals surface area contributed by atoms with Gasteiger partial charge in [-0.1, -0.05) is 54.3 Å². The predicted molar refractivity (Wildman–Crippen MR) is 105 cm³/mol. The van der Waals surface area contributed by atoms with E-state index in [9.17, 15) is 0 Å². The van der Waals surface area contributed by atoms with E-state index < -0.39 is 0 Å². The van der Waals surface area contributed by atoms with E-state index in [1.165, 1.54) is 25.7 Å². The second-order valence-electron chi connectivity index (χ2n) is 8.09. The van der Waals surface area contributed by atoms with Crippen LogP contribution in [0.5, 0.6) is 0 Å². The molecule has 0 radical (unpaired) electrons. The Labute approximate surface area is 141 Å². The Morgan fingerprint density at radius 2 is 1.41 bits per heavy atom. The van der Waals surface area contributed by atoms with E-state index in [-0.39, 0.29) is 7.92 Å². The smallest absolute Gasteiger partial charge is 0.0372 e. The highest BCUT2D eigenvalue weighted by Gasteiger charge is 2.45. The van der Waals surface area contributed by atoms with Gasteiger partial charge in [0.25, 0.3) is 0 Å². The normalized spacial score (nSPS) is 33.1. The first kappa shape index (κ1) is 17.2. The zero-order valence-corrected chi connectivity index (χ0v) is 17.1.